The highest BCUT2D eigenvalue weighted by Gasteiger charge is 2.30. The van der Waals surface area contributed by atoms with E-state index in [0.29, 0.717) is 0 Å². The van der Waals surface area contributed by atoms with Crippen molar-refractivity contribution < 1.29 is 29.3 Å². The minimum Gasteiger partial charge on any atom is -0.504 e. The fourth-order valence-corrected chi connectivity index (χ4v) is 1.71. The van der Waals surface area contributed by atoms with E-state index in [9.17, 15) is 19.8 Å². The van der Waals surface area contributed by atoms with Gasteiger partial charge in [-0.3, -0.25) is 9.59 Å². The molecule has 0 unspecified atom stereocenters. The molecule has 0 aliphatic heterocycles. The molecule has 0 aromatic heterocycles. The van der Waals surface area contributed by atoms with E-state index >= 15 is 0 Å². The summed E-state index contributed by atoms with van der Waals surface area (Å²) in [6.45, 7) is 3.54. The van der Waals surface area contributed by atoms with Gasteiger partial charge in [-0.05, 0) is 25.5 Å². The first-order valence-electron chi connectivity index (χ1n) is 6.34. The Morgan fingerprint density at radius 1 is 1.10 bits per heavy atom. The van der Waals surface area contributed by atoms with Crippen molar-refractivity contribution >= 4 is 11.9 Å². The normalized spacial score (nSPS) is 10.3. The van der Waals surface area contributed by atoms with Crippen molar-refractivity contribution in [3.8, 4) is 11.5 Å². The van der Waals surface area contributed by atoms with E-state index < -0.39 is 17.9 Å². The Hall–Kier alpha value is -2.24. The topological polar surface area (TPSA) is 93.1 Å². The molecular formula is C14H18O6. The maximum Gasteiger partial charge on any atom is 0.320 e. The third-order valence-corrected chi connectivity index (χ3v) is 2.66. The van der Waals surface area contributed by atoms with Gasteiger partial charge in [-0.25, -0.2) is 0 Å². The van der Waals surface area contributed by atoms with Crippen LogP contribution in [0.5, 0.6) is 11.5 Å². The summed E-state index contributed by atoms with van der Waals surface area (Å²) in [4.78, 5) is 23.6. The summed E-state index contributed by atoms with van der Waals surface area (Å²) in [5, 5.41) is 19.1. The Kier molecular flexibility index (Phi) is 5.83. The second kappa shape index (κ2) is 7.37. The predicted octanol–water partition coefficient (Wildman–Crippen LogP) is 1.38. The van der Waals surface area contributed by atoms with Crippen molar-refractivity contribution in [1.29, 1.82) is 0 Å². The van der Waals surface area contributed by atoms with Crippen molar-refractivity contribution in [2.75, 3.05) is 13.2 Å². The van der Waals surface area contributed by atoms with E-state index in [1.54, 1.807) is 13.8 Å². The second-order valence-electron chi connectivity index (χ2n) is 4.05. The van der Waals surface area contributed by atoms with Crippen molar-refractivity contribution in [3.05, 3.63) is 23.8 Å². The second-order valence-corrected chi connectivity index (χ2v) is 4.05. The highest BCUT2D eigenvalue weighted by molar-refractivity contribution is 5.95. The lowest BCUT2D eigenvalue weighted by atomic mass is 9.98. The minimum absolute atomic E-state index is 0.0993. The predicted molar refractivity (Wildman–Crippen MR) is 70.2 cm³/mol. The van der Waals surface area contributed by atoms with Gasteiger partial charge in [-0.1, -0.05) is 12.1 Å². The number of carbonyl (C=O) groups excluding carboxylic acids is 2. The Bertz CT molecular complexity index is 465. The zero-order valence-corrected chi connectivity index (χ0v) is 11.5. The first kappa shape index (κ1) is 15.8. The van der Waals surface area contributed by atoms with Gasteiger partial charge in [0, 0.05) is 6.42 Å². The number of ether oxygens (including phenoxy) is 2. The number of esters is 2. The van der Waals surface area contributed by atoms with E-state index in [4.69, 9.17) is 9.47 Å². The van der Waals surface area contributed by atoms with Crippen molar-refractivity contribution in [2.45, 2.75) is 20.3 Å². The minimum atomic E-state index is -1.16. The largest absolute Gasteiger partial charge is 0.504 e. The molecule has 0 radical (unpaired) electrons. The molecule has 2 N–H and O–H groups in total. The molecule has 0 amide bonds. The summed E-state index contributed by atoms with van der Waals surface area (Å²) in [7, 11) is 0. The molecule has 0 aliphatic rings. The molecule has 6 heteroatoms. The third kappa shape index (κ3) is 3.88. The van der Waals surface area contributed by atoms with Crippen LogP contribution in [0.25, 0.3) is 0 Å². The average molecular weight is 282 g/mol. The van der Waals surface area contributed by atoms with E-state index in [1.807, 2.05) is 0 Å². The number of hydrogen-bond donors (Lipinski definition) is 2. The van der Waals surface area contributed by atoms with Gasteiger partial charge in [0.15, 0.2) is 17.4 Å². The molecule has 6 nitrogen and oxygen atoms in total. The Balaban J connectivity index is 2.96. The molecule has 110 valence electrons. The van der Waals surface area contributed by atoms with E-state index in [0.717, 1.165) is 0 Å². The molecule has 0 fully saturated rings. The van der Waals surface area contributed by atoms with Gasteiger partial charge < -0.3 is 19.7 Å². The van der Waals surface area contributed by atoms with Crippen LogP contribution in [0.3, 0.4) is 0 Å². The van der Waals surface area contributed by atoms with Crippen LogP contribution in [-0.4, -0.2) is 35.4 Å². The maximum atomic E-state index is 11.8. The summed E-state index contributed by atoms with van der Waals surface area (Å²) in [5.41, 5.74) is 0.274. The molecular weight excluding hydrogens is 264 g/mol. The molecule has 0 bridgehead atoms. The first-order chi connectivity index (χ1) is 9.51. The molecule has 0 saturated heterocycles. The molecule has 0 heterocycles. The lowest BCUT2D eigenvalue weighted by Crippen LogP contribution is -2.30. The summed E-state index contributed by atoms with van der Waals surface area (Å²) < 4.78 is 9.66. The number of carbonyl (C=O) groups is 2. The van der Waals surface area contributed by atoms with Gasteiger partial charge in [0.05, 0.1) is 13.2 Å². The van der Waals surface area contributed by atoms with Gasteiger partial charge >= 0.3 is 11.9 Å². The van der Waals surface area contributed by atoms with Crippen LogP contribution in [0, 0.1) is 5.92 Å². The monoisotopic (exact) mass is 282 g/mol. The SMILES string of the molecule is CCOC(=O)C(Cc1cccc(O)c1O)C(=O)OCC. The Morgan fingerprint density at radius 3 is 2.15 bits per heavy atom. The van der Waals surface area contributed by atoms with Gasteiger partial charge in [-0.15, -0.1) is 0 Å². The van der Waals surface area contributed by atoms with Crippen LogP contribution < -0.4 is 0 Å². The molecule has 0 spiro atoms. The summed E-state index contributed by atoms with van der Waals surface area (Å²) >= 11 is 0. The quantitative estimate of drug-likeness (QED) is 0.465. The number of phenolic OH excluding ortho intramolecular Hbond substituents is 2. The lowest BCUT2D eigenvalue weighted by molar-refractivity contribution is -0.161. The molecule has 0 aliphatic carbocycles. The van der Waals surface area contributed by atoms with Gasteiger partial charge in [0.2, 0.25) is 0 Å². The number of aromatic hydroxyl groups is 2. The van der Waals surface area contributed by atoms with Crippen LogP contribution in [-0.2, 0) is 25.5 Å². The van der Waals surface area contributed by atoms with E-state index in [2.05, 4.69) is 0 Å². The van der Waals surface area contributed by atoms with Crippen molar-refractivity contribution in [2.24, 2.45) is 5.92 Å². The zero-order chi connectivity index (χ0) is 15.1. The molecule has 0 saturated carbocycles. The number of rotatable bonds is 6. The number of benzene rings is 1. The van der Waals surface area contributed by atoms with E-state index in [1.165, 1.54) is 18.2 Å². The van der Waals surface area contributed by atoms with Gasteiger partial charge in [-0.2, -0.15) is 0 Å². The maximum absolute atomic E-state index is 11.8. The summed E-state index contributed by atoms with van der Waals surface area (Å²) in [5.74, 6) is -3.26. The summed E-state index contributed by atoms with van der Waals surface area (Å²) in [6.07, 6.45) is -0.0993. The lowest BCUT2D eigenvalue weighted by Gasteiger charge is -2.15. The Labute approximate surface area is 116 Å². The van der Waals surface area contributed by atoms with Gasteiger partial charge in [0.1, 0.15) is 0 Å². The van der Waals surface area contributed by atoms with Crippen LogP contribution in [0.15, 0.2) is 18.2 Å². The fourth-order valence-electron chi connectivity index (χ4n) is 1.71. The summed E-state index contributed by atoms with van der Waals surface area (Å²) in [6, 6.07) is 4.33. The zero-order valence-electron chi connectivity index (χ0n) is 11.5. The molecule has 1 rings (SSSR count). The molecule has 1 aromatic rings. The smallest absolute Gasteiger partial charge is 0.320 e. The highest BCUT2D eigenvalue weighted by Crippen LogP contribution is 2.30. The highest BCUT2D eigenvalue weighted by atomic mass is 16.6. The van der Waals surface area contributed by atoms with Crippen LogP contribution >= 0.6 is 0 Å². The number of phenols is 2. The van der Waals surface area contributed by atoms with Crippen molar-refractivity contribution in [3.63, 3.8) is 0 Å². The average Bonchev–Trinajstić information content (AvgIpc) is 2.40. The molecule has 0 atom stereocenters. The van der Waals surface area contributed by atoms with Crippen LogP contribution in [0.2, 0.25) is 0 Å². The van der Waals surface area contributed by atoms with Gasteiger partial charge in [0.25, 0.3) is 0 Å². The third-order valence-electron chi connectivity index (χ3n) is 2.66. The standard InChI is InChI=1S/C14H18O6/c1-3-19-13(17)10(14(18)20-4-2)8-9-6-5-7-11(15)12(9)16/h5-7,10,15-16H,3-4,8H2,1-2H3. The van der Waals surface area contributed by atoms with E-state index in [-0.39, 0.29) is 36.7 Å². The van der Waals surface area contributed by atoms with Crippen LogP contribution in [0.4, 0.5) is 0 Å². The fraction of sp³-hybridized carbons (Fsp3) is 0.429. The molecule has 1 aromatic carbocycles. The Morgan fingerprint density at radius 2 is 1.65 bits per heavy atom. The molecule has 20 heavy (non-hydrogen) atoms. The first-order valence-corrected chi connectivity index (χ1v) is 6.34. The number of para-hydroxylation sites is 1. The van der Waals surface area contributed by atoms with Crippen LogP contribution in [0.1, 0.15) is 19.4 Å². The van der Waals surface area contributed by atoms with Crippen molar-refractivity contribution in [1.82, 2.24) is 0 Å². The number of hydrogen-bond acceptors (Lipinski definition) is 6.